The lowest BCUT2D eigenvalue weighted by Gasteiger charge is -2.36. The van der Waals surface area contributed by atoms with Gasteiger partial charge < -0.3 is 24.6 Å². The number of carbonyl (C=O) groups excluding carboxylic acids is 2. The molecule has 0 spiro atoms. The largest absolute Gasteiger partial charge is 0.504 e. The highest BCUT2D eigenvalue weighted by Gasteiger charge is 2.36. The Hall–Kier alpha value is -2.38. The van der Waals surface area contributed by atoms with Gasteiger partial charge in [-0.1, -0.05) is 0 Å². The second kappa shape index (κ2) is 6.80. The molecule has 2 rings (SSSR count). The molecule has 7 heteroatoms. The number of nitrogens with one attached hydrogen (secondary N) is 1. The molecule has 1 fully saturated rings. The van der Waals surface area contributed by atoms with E-state index in [4.69, 9.17) is 14.2 Å². The van der Waals surface area contributed by atoms with E-state index in [1.807, 2.05) is 0 Å². The second-order valence-electron chi connectivity index (χ2n) is 5.46. The van der Waals surface area contributed by atoms with Crippen LogP contribution in [0.25, 0.3) is 0 Å². The summed E-state index contributed by atoms with van der Waals surface area (Å²) in [6.45, 7) is 3.49. The van der Waals surface area contributed by atoms with Crippen molar-refractivity contribution in [2.75, 3.05) is 19.0 Å². The Labute approximate surface area is 133 Å². The molecule has 0 radical (unpaired) electrons. The number of ketones is 1. The Balaban J connectivity index is 2.18. The van der Waals surface area contributed by atoms with Crippen LogP contribution in [0.1, 0.15) is 13.8 Å². The third-order valence-electron chi connectivity index (χ3n) is 3.30. The quantitative estimate of drug-likeness (QED) is 0.628. The Morgan fingerprint density at radius 2 is 2.22 bits per heavy atom. The minimum absolute atomic E-state index is 0.0197. The van der Waals surface area contributed by atoms with Gasteiger partial charge in [-0.2, -0.15) is 0 Å². The third kappa shape index (κ3) is 4.08. The van der Waals surface area contributed by atoms with Crippen LogP contribution in [0, 0.1) is 0 Å². The van der Waals surface area contributed by atoms with Gasteiger partial charge >= 0.3 is 0 Å². The monoisotopic (exact) mass is 321 g/mol. The lowest BCUT2D eigenvalue weighted by Crippen LogP contribution is -2.45. The van der Waals surface area contributed by atoms with Crippen LogP contribution < -0.4 is 10.1 Å². The summed E-state index contributed by atoms with van der Waals surface area (Å²) in [4.78, 5) is 22.5. The standard InChI is InChI=1S/C16H19NO6/c1-16(2)22-9-10(15(23-16)13(20)8-18)7-17-11-4-5-14(21-3)12(19)6-11/h4-8,15,17,19H,9H2,1-3H3. The summed E-state index contributed by atoms with van der Waals surface area (Å²) in [6, 6.07) is 4.77. The van der Waals surface area contributed by atoms with Crippen molar-refractivity contribution in [3.05, 3.63) is 30.0 Å². The van der Waals surface area contributed by atoms with E-state index in [1.165, 1.54) is 19.4 Å². The number of hydrogen-bond donors (Lipinski definition) is 2. The summed E-state index contributed by atoms with van der Waals surface area (Å²) in [7, 11) is 1.46. The molecule has 1 atom stereocenters. The number of hydrogen-bond acceptors (Lipinski definition) is 7. The molecule has 2 N–H and O–H groups in total. The fourth-order valence-corrected chi connectivity index (χ4v) is 2.10. The summed E-state index contributed by atoms with van der Waals surface area (Å²) in [5, 5.41) is 12.7. The number of Topliss-reactive ketones (excluding diaryl/α,β-unsaturated/α-hetero) is 1. The van der Waals surface area contributed by atoms with Gasteiger partial charge in [-0.15, -0.1) is 0 Å². The summed E-state index contributed by atoms with van der Waals surface area (Å²) < 4.78 is 16.0. The maximum atomic E-state index is 11.7. The summed E-state index contributed by atoms with van der Waals surface area (Å²) in [5.41, 5.74) is 1.06. The van der Waals surface area contributed by atoms with E-state index >= 15 is 0 Å². The van der Waals surface area contributed by atoms with Gasteiger partial charge in [-0.05, 0) is 26.0 Å². The van der Waals surface area contributed by atoms with Gasteiger partial charge in [0.25, 0.3) is 0 Å². The van der Waals surface area contributed by atoms with Crippen LogP contribution in [0.4, 0.5) is 5.69 Å². The zero-order valence-corrected chi connectivity index (χ0v) is 13.2. The van der Waals surface area contributed by atoms with Gasteiger partial charge in [-0.25, -0.2) is 0 Å². The van der Waals surface area contributed by atoms with E-state index in [9.17, 15) is 14.7 Å². The molecule has 0 amide bonds. The second-order valence-corrected chi connectivity index (χ2v) is 5.46. The Bertz CT molecular complexity index is 637. The highest BCUT2D eigenvalue weighted by Crippen LogP contribution is 2.29. The molecule has 7 nitrogen and oxygen atoms in total. The summed E-state index contributed by atoms with van der Waals surface area (Å²) in [5.74, 6) is -1.29. The number of ether oxygens (including phenoxy) is 3. The van der Waals surface area contributed by atoms with Gasteiger partial charge in [0.15, 0.2) is 29.7 Å². The number of aldehydes is 1. The zero-order valence-electron chi connectivity index (χ0n) is 13.2. The molecule has 1 aromatic carbocycles. The molecule has 0 aromatic heterocycles. The zero-order chi connectivity index (χ0) is 17.0. The first kappa shape index (κ1) is 17.0. The number of methoxy groups -OCH3 is 1. The third-order valence-corrected chi connectivity index (χ3v) is 3.30. The molecule has 0 aliphatic carbocycles. The number of carbonyl (C=O) groups is 2. The molecular formula is C16H19NO6. The van der Waals surface area contributed by atoms with Crippen molar-refractivity contribution in [1.29, 1.82) is 0 Å². The number of benzene rings is 1. The van der Waals surface area contributed by atoms with Gasteiger partial charge in [0.2, 0.25) is 5.78 Å². The molecular weight excluding hydrogens is 302 g/mol. The SMILES string of the molecule is COc1ccc(NC=C2COC(C)(C)OC2C(=O)C=O)cc1O. The highest BCUT2D eigenvalue weighted by molar-refractivity contribution is 6.28. The number of phenolic OH excluding ortho intramolecular Hbond substituents is 1. The predicted molar refractivity (Wildman–Crippen MR) is 82.3 cm³/mol. The van der Waals surface area contributed by atoms with Crippen molar-refractivity contribution in [2.45, 2.75) is 25.7 Å². The fourth-order valence-electron chi connectivity index (χ4n) is 2.10. The minimum atomic E-state index is -0.990. The Morgan fingerprint density at radius 3 is 2.83 bits per heavy atom. The lowest BCUT2D eigenvalue weighted by atomic mass is 10.1. The highest BCUT2D eigenvalue weighted by atomic mass is 16.7. The topological polar surface area (TPSA) is 94.1 Å². The molecule has 1 heterocycles. The molecule has 1 unspecified atom stereocenters. The van der Waals surface area contributed by atoms with E-state index in [1.54, 1.807) is 26.0 Å². The van der Waals surface area contributed by atoms with Crippen molar-refractivity contribution in [3.8, 4) is 11.5 Å². The van der Waals surface area contributed by atoms with Crippen LogP contribution in [0.3, 0.4) is 0 Å². The first-order chi connectivity index (χ1) is 10.9. The smallest absolute Gasteiger partial charge is 0.228 e. The molecule has 0 bridgehead atoms. The van der Waals surface area contributed by atoms with E-state index < -0.39 is 17.7 Å². The number of aromatic hydroxyl groups is 1. The molecule has 124 valence electrons. The summed E-state index contributed by atoms with van der Waals surface area (Å²) >= 11 is 0. The maximum absolute atomic E-state index is 11.7. The predicted octanol–water partition coefficient (Wildman–Crippen LogP) is 1.62. The number of rotatable bonds is 5. The van der Waals surface area contributed by atoms with Crippen LogP contribution in [-0.2, 0) is 19.1 Å². The van der Waals surface area contributed by atoms with Crippen molar-refractivity contribution < 1.29 is 28.9 Å². The molecule has 0 saturated carbocycles. The first-order valence-corrected chi connectivity index (χ1v) is 6.99. The number of anilines is 1. The molecule has 1 saturated heterocycles. The van der Waals surface area contributed by atoms with Gasteiger partial charge in [-0.3, -0.25) is 9.59 Å². The number of phenols is 1. The van der Waals surface area contributed by atoms with Gasteiger partial charge in [0.05, 0.1) is 13.7 Å². The van der Waals surface area contributed by atoms with E-state index in [2.05, 4.69) is 5.32 Å². The Morgan fingerprint density at radius 1 is 1.48 bits per heavy atom. The van der Waals surface area contributed by atoms with E-state index in [0.717, 1.165) is 0 Å². The average molecular weight is 321 g/mol. The molecule has 1 aliphatic heterocycles. The van der Waals surface area contributed by atoms with Crippen LogP contribution in [0.2, 0.25) is 0 Å². The van der Waals surface area contributed by atoms with Gasteiger partial charge in [0.1, 0.15) is 0 Å². The average Bonchev–Trinajstić information content (AvgIpc) is 2.52. The minimum Gasteiger partial charge on any atom is -0.504 e. The summed E-state index contributed by atoms with van der Waals surface area (Å²) in [6.07, 6.45) is 0.775. The lowest BCUT2D eigenvalue weighted by molar-refractivity contribution is -0.247. The van der Waals surface area contributed by atoms with Crippen LogP contribution in [-0.4, -0.2) is 42.8 Å². The maximum Gasteiger partial charge on any atom is 0.228 e. The molecule has 1 aliphatic rings. The molecule has 1 aromatic rings. The van der Waals surface area contributed by atoms with Crippen LogP contribution in [0.15, 0.2) is 30.0 Å². The fraction of sp³-hybridized carbons (Fsp3) is 0.375. The van der Waals surface area contributed by atoms with Crippen molar-refractivity contribution in [1.82, 2.24) is 0 Å². The van der Waals surface area contributed by atoms with Crippen LogP contribution >= 0.6 is 0 Å². The van der Waals surface area contributed by atoms with Gasteiger partial charge in [0, 0.05) is 23.5 Å². The Kier molecular flexibility index (Phi) is 5.02. The van der Waals surface area contributed by atoms with Crippen molar-refractivity contribution in [2.24, 2.45) is 0 Å². The normalized spacial score (nSPS) is 21.7. The first-order valence-electron chi connectivity index (χ1n) is 6.99. The van der Waals surface area contributed by atoms with Crippen molar-refractivity contribution in [3.63, 3.8) is 0 Å². The van der Waals surface area contributed by atoms with E-state index in [0.29, 0.717) is 17.0 Å². The van der Waals surface area contributed by atoms with E-state index in [-0.39, 0.29) is 18.6 Å². The van der Waals surface area contributed by atoms with Crippen LogP contribution in [0.5, 0.6) is 11.5 Å². The molecule has 23 heavy (non-hydrogen) atoms. The van der Waals surface area contributed by atoms with Crippen molar-refractivity contribution >= 4 is 17.8 Å².